The molecule has 2 aliphatic rings. The molecule has 2 heterocycles. The predicted octanol–water partition coefficient (Wildman–Crippen LogP) is 5.62. The Hall–Kier alpha value is -1.89. The number of hydrogen-bond acceptors (Lipinski definition) is 3. The highest BCUT2D eigenvalue weighted by atomic mass is 35.5. The summed E-state index contributed by atoms with van der Waals surface area (Å²) in [6.07, 6.45) is 4.05. The fraction of sp³-hybridized carbons (Fsp3) is 0.391. The van der Waals surface area contributed by atoms with Crippen molar-refractivity contribution in [2.24, 2.45) is 0 Å². The van der Waals surface area contributed by atoms with Gasteiger partial charge in [-0.1, -0.05) is 41.4 Å². The molecule has 2 aromatic rings. The zero-order valence-corrected chi connectivity index (χ0v) is 19.2. The number of halogens is 2. The molecule has 0 aromatic heterocycles. The van der Waals surface area contributed by atoms with Gasteiger partial charge in [-0.25, -0.2) is 4.79 Å². The first-order valence-corrected chi connectivity index (χ1v) is 12.0. The van der Waals surface area contributed by atoms with Gasteiger partial charge < -0.3 is 15.3 Å². The number of amides is 2. The van der Waals surface area contributed by atoms with Crippen LogP contribution in [0, 0.1) is 0 Å². The van der Waals surface area contributed by atoms with Crippen molar-refractivity contribution in [2.75, 3.05) is 0 Å². The Morgan fingerprint density at radius 3 is 2.35 bits per heavy atom. The molecule has 164 valence electrons. The van der Waals surface area contributed by atoms with E-state index < -0.39 is 5.97 Å². The molecular weight excluding hydrogens is 455 g/mol. The van der Waals surface area contributed by atoms with Gasteiger partial charge in [-0.05, 0) is 61.1 Å². The average molecular weight is 479 g/mol. The van der Waals surface area contributed by atoms with Gasteiger partial charge in [0.1, 0.15) is 0 Å². The summed E-state index contributed by atoms with van der Waals surface area (Å²) in [5.74, 6) is -0.819. The molecule has 1 unspecified atom stereocenters. The lowest BCUT2D eigenvalue weighted by Gasteiger charge is -2.38. The smallest absolute Gasteiger partial charge is 0.318 e. The number of aliphatic carboxylic acids is 1. The Labute approximate surface area is 196 Å². The molecule has 5 nitrogen and oxygen atoms in total. The van der Waals surface area contributed by atoms with E-state index >= 15 is 0 Å². The summed E-state index contributed by atoms with van der Waals surface area (Å²) in [6, 6.07) is 13.5. The van der Waals surface area contributed by atoms with Gasteiger partial charge in [-0.3, -0.25) is 4.79 Å². The van der Waals surface area contributed by atoms with Crippen molar-refractivity contribution in [3.63, 3.8) is 0 Å². The third-order valence-corrected chi connectivity index (χ3v) is 7.80. The van der Waals surface area contributed by atoms with Gasteiger partial charge in [0, 0.05) is 38.8 Å². The second-order valence-corrected chi connectivity index (χ2v) is 10.3. The number of carboxylic acid groups (broad SMARTS) is 1. The van der Waals surface area contributed by atoms with Crippen LogP contribution in [0.5, 0.6) is 0 Å². The first kappa shape index (κ1) is 22.3. The maximum atomic E-state index is 12.9. The van der Waals surface area contributed by atoms with Gasteiger partial charge in [0.05, 0.1) is 6.42 Å². The number of carbonyl (C=O) groups is 2. The molecule has 2 bridgehead atoms. The lowest BCUT2D eigenvalue weighted by atomic mass is 10.0. The van der Waals surface area contributed by atoms with E-state index in [2.05, 4.69) is 5.32 Å². The van der Waals surface area contributed by atoms with Gasteiger partial charge >= 0.3 is 12.0 Å². The molecule has 0 radical (unpaired) electrons. The molecule has 0 spiro atoms. The fourth-order valence-electron chi connectivity index (χ4n) is 4.54. The molecule has 2 fully saturated rings. The molecule has 8 heteroatoms. The second-order valence-electron chi connectivity index (χ2n) is 8.11. The van der Waals surface area contributed by atoms with Crippen LogP contribution in [0.25, 0.3) is 0 Å². The van der Waals surface area contributed by atoms with E-state index in [9.17, 15) is 9.59 Å². The highest BCUT2D eigenvalue weighted by Gasteiger charge is 2.43. The van der Waals surface area contributed by atoms with Crippen LogP contribution in [-0.4, -0.2) is 39.3 Å². The van der Waals surface area contributed by atoms with Crippen molar-refractivity contribution in [2.45, 2.75) is 60.9 Å². The number of nitrogens with one attached hydrogen (secondary N) is 1. The SMILES string of the molecule is O=C(O)Cc1ccc(SC2C[C@H]3CC[C@@H](C2)N3C(=O)NCc2ccc(Cl)cc2Cl)cc1. The second kappa shape index (κ2) is 9.72. The molecule has 2 N–H and O–H groups in total. The van der Waals surface area contributed by atoms with Crippen molar-refractivity contribution in [3.05, 3.63) is 63.6 Å². The van der Waals surface area contributed by atoms with Crippen LogP contribution in [0.4, 0.5) is 4.79 Å². The molecule has 0 aliphatic carbocycles. The molecule has 2 amide bonds. The number of carbonyl (C=O) groups excluding carboxylic acids is 1. The average Bonchev–Trinajstić information content (AvgIpc) is 2.99. The predicted molar refractivity (Wildman–Crippen MR) is 124 cm³/mol. The number of urea groups is 1. The molecule has 2 aromatic carbocycles. The molecule has 4 rings (SSSR count). The van der Waals surface area contributed by atoms with Gasteiger partial charge in [0.2, 0.25) is 0 Å². The zero-order chi connectivity index (χ0) is 22.0. The number of nitrogens with zero attached hydrogens (tertiary/aromatic N) is 1. The monoisotopic (exact) mass is 478 g/mol. The quantitative estimate of drug-likeness (QED) is 0.565. The highest BCUT2D eigenvalue weighted by molar-refractivity contribution is 8.00. The van der Waals surface area contributed by atoms with Crippen molar-refractivity contribution >= 4 is 47.0 Å². The van der Waals surface area contributed by atoms with Gasteiger partial charge in [0.15, 0.2) is 0 Å². The van der Waals surface area contributed by atoms with E-state index in [-0.39, 0.29) is 24.5 Å². The summed E-state index contributed by atoms with van der Waals surface area (Å²) in [5.41, 5.74) is 1.66. The Balaban J connectivity index is 1.32. The minimum Gasteiger partial charge on any atom is -0.481 e. The lowest BCUT2D eigenvalue weighted by Crippen LogP contribution is -2.51. The normalized spacial score (nSPS) is 22.4. The molecule has 3 atom stereocenters. The van der Waals surface area contributed by atoms with Crippen LogP contribution in [-0.2, 0) is 17.8 Å². The molecule has 2 aliphatic heterocycles. The van der Waals surface area contributed by atoms with E-state index in [1.807, 2.05) is 47.0 Å². The Kier molecular flexibility index (Phi) is 6.99. The Bertz CT molecular complexity index is 956. The Morgan fingerprint density at radius 2 is 1.74 bits per heavy atom. The highest BCUT2D eigenvalue weighted by Crippen LogP contribution is 2.42. The summed E-state index contributed by atoms with van der Waals surface area (Å²) in [7, 11) is 0. The van der Waals surface area contributed by atoms with Crippen molar-refractivity contribution < 1.29 is 14.7 Å². The zero-order valence-electron chi connectivity index (χ0n) is 16.9. The minimum absolute atomic E-state index is 0.0278. The van der Waals surface area contributed by atoms with Crippen LogP contribution in [0.2, 0.25) is 10.0 Å². The molecular formula is C23H24Cl2N2O3S. The van der Waals surface area contributed by atoms with Crippen LogP contribution < -0.4 is 5.32 Å². The number of rotatable bonds is 6. The molecule has 2 saturated heterocycles. The van der Waals surface area contributed by atoms with Crippen LogP contribution >= 0.6 is 35.0 Å². The number of hydrogen-bond donors (Lipinski definition) is 2. The number of fused-ring (bicyclic) bond motifs is 2. The summed E-state index contributed by atoms with van der Waals surface area (Å²) in [6.45, 7) is 0.381. The molecule has 0 saturated carbocycles. The standard InChI is InChI=1S/C23H24Cl2N2O3S/c24-16-4-3-15(21(25)10-16)13-26-23(30)27-17-5-6-18(27)12-20(11-17)31-19-7-1-14(2-8-19)9-22(28)29/h1-4,7-8,10,17-18,20H,5-6,9,11-13H2,(H,26,30)(H,28,29)/t17-,18+,20?. The maximum Gasteiger partial charge on any atom is 0.318 e. The lowest BCUT2D eigenvalue weighted by molar-refractivity contribution is -0.136. The van der Waals surface area contributed by atoms with Crippen molar-refractivity contribution in [1.82, 2.24) is 10.2 Å². The van der Waals surface area contributed by atoms with E-state index in [1.165, 1.54) is 0 Å². The third kappa shape index (κ3) is 5.48. The van der Waals surface area contributed by atoms with Crippen molar-refractivity contribution in [3.8, 4) is 0 Å². The summed E-state index contributed by atoms with van der Waals surface area (Å²) in [4.78, 5) is 26.9. The van der Waals surface area contributed by atoms with Crippen molar-refractivity contribution in [1.29, 1.82) is 0 Å². The number of thioether (sulfide) groups is 1. The minimum atomic E-state index is -0.819. The fourth-order valence-corrected chi connectivity index (χ4v) is 6.33. The third-order valence-electron chi connectivity index (χ3n) is 5.95. The number of carboxylic acids is 1. The maximum absolute atomic E-state index is 12.9. The van der Waals surface area contributed by atoms with Crippen LogP contribution in [0.15, 0.2) is 47.4 Å². The largest absolute Gasteiger partial charge is 0.481 e. The first-order chi connectivity index (χ1) is 14.9. The van der Waals surface area contributed by atoms with Crippen LogP contribution in [0.1, 0.15) is 36.8 Å². The summed E-state index contributed by atoms with van der Waals surface area (Å²) in [5, 5.41) is 13.5. The topological polar surface area (TPSA) is 69.6 Å². The van der Waals surface area contributed by atoms with E-state index in [1.54, 1.807) is 12.1 Å². The number of piperidine rings is 1. The first-order valence-electron chi connectivity index (χ1n) is 10.4. The van der Waals surface area contributed by atoms with E-state index in [0.29, 0.717) is 21.8 Å². The van der Waals surface area contributed by atoms with Gasteiger partial charge in [-0.15, -0.1) is 11.8 Å². The van der Waals surface area contributed by atoms with E-state index in [4.69, 9.17) is 28.3 Å². The van der Waals surface area contributed by atoms with E-state index in [0.717, 1.165) is 41.7 Å². The summed E-state index contributed by atoms with van der Waals surface area (Å²) < 4.78 is 0. The van der Waals surface area contributed by atoms with Gasteiger partial charge in [0.25, 0.3) is 0 Å². The Morgan fingerprint density at radius 1 is 1.06 bits per heavy atom. The van der Waals surface area contributed by atoms with Gasteiger partial charge in [-0.2, -0.15) is 0 Å². The summed E-state index contributed by atoms with van der Waals surface area (Å²) >= 11 is 14.0. The molecule has 31 heavy (non-hydrogen) atoms. The van der Waals surface area contributed by atoms with Crippen LogP contribution in [0.3, 0.4) is 0 Å². The number of benzene rings is 2.